The Morgan fingerprint density at radius 2 is 2.11 bits per heavy atom. The van der Waals surface area contributed by atoms with Crippen LogP contribution in [0.5, 0.6) is 0 Å². The average Bonchev–Trinajstić information content (AvgIpc) is 2.58. The van der Waals surface area contributed by atoms with Crippen LogP contribution in [-0.4, -0.2) is 36.6 Å². The van der Waals surface area contributed by atoms with E-state index in [0.29, 0.717) is 6.61 Å². The number of hydrogen-bond acceptors (Lipinski definition) is 3. The van der Waals surface area contributed by atoms with Gasteiger partial charge in [-0.15, -0.1) is 0 Å². The van der Waals surface area contributed by atoms with Gasteiger partial charge in [0.15, 0.2) is 0 Å². The first-order chi connectivity index (χ1) is 4.38. The molecule has 1 N–H and O–H groups in total. The first-order valence-electron chi connectivity index (χ1n) is 3.29. The highest BCUT2D eigenvalue weighted by molar-refractivity contribution is 4.88. The molecule has 0 aromatic rings. The van der Waals surface area contributed by atoms with Crippen molar-refractivity contribution in [1.82, 2.24) is 0 Å². The zero-order valence-electron chi connectivity index (χ0n) is 5.12. The third kappa shape index (κ3) is 0.956. The Bertz CT molecular complexity index is 111. The van der Waals surface area contributed by atoms with Gasteiger partial charge in [0.25, 0.3) is 0 Å². The SMILES string of the molecule is O[C@@H]1CCO[C@@H]1C1CO1. The van der Waals surface area contributed by atoms with Gasteiger partial charge in [-0.05, 0) is 6.42 Å². The minimum Gasteiger partial charge on any atom is -0.390 e. The first-order valence-corrected chi connectivity index (χ1v) is 3.29. The summed E-state index contributed by atoms with van der Waals surface area (Å²) in [6.07, 6.45) is 0.662. The van der Waals surface area contributed by atoms with Crippen LogP contribution < -0.4 is 0 Å². The molecule has 0 saturated carbocycles. The Balaban J connectivity index is 1.93. The molecular formula is C6H10O3. The Kier molecular flexibility index (Phi) is 1.22. The zero-order chi connectivity index (χ0) is 6.27. The predicted molar refractivity (Wildman–Crippen MR) is 30.1 cm³/mol. The molecule has 52 valence electrons. The lowest BCUT2D eigenvalue weighted by Gasteiger charge is -2.08. The van der Waals surface area contributed by atoms with E-state index in [0.717, 1.165) is 13.0 Å². The fourth-order valence-electron chi connectivity index (χ4n) is 1.20. The maximum Gasteiger partial charge on any atom is 0.112 e. The Hall–Kier alpha value is -0.120. The molecule has 0 aromatic heterocycles. The molecule has 2 heterocycles. The topological polar surface area (TPSA) is 42.0 Å². The molecule has 1 unspecified atom stereocenters. The third-order valence-electron chi connectivity index (χ3n) is 1.83. The number of rotatable bonds is 1. The van der Waals surface area contributed by atoms with E-state index in [9.17, 15) is 5.11 Å². The van der Waals surface area contributed by atoms with Gasteiger partial charge >= 0.3 is 0 Å². The molecule has 9 heavy (non-hydrogen) atoms. The average molecular weight is 130 g/mol. The molecule has 3 nitrogen and oxygen atoms in total. The van der Waals surface area contributed by atoms with Crippen molar-refractivity contribution >= 4 is 0 Å². The van der Waals surface area contributed by atoms with Gasteiger partial charge < -0.3 is 14.6 Å². The zero-order valence-corrected chi connectivity index (χ0v) is 5.12. The van der Waals surface area contributed by atoms with Gasteiger partial charge in [-0.1, -0.05) is 0 Å². The molecule has 3 atom stereocenters. The van der Waals surface area contributed by atoms with Gasteiger partial charge in [0.05, 0.1) is 12.7 Å². The summed E-state index contributed by atoms with van der Waals surface area (Å²) in [6, 6.07) is 0. The molecule has 0 bridgehead atoms. The summed E-state index contributed by atoms with van der Waals surface area (Å²) in [4.78, 5) is 0. The van der Waals surface area contributed by atoms with E-state index in [1.807, 2.05) is 0 Å². The molecular weight excluding hydrogens is 120 g/mol. The van der Waals surface area contributed by atoms with Crippen molar-refractivity contribution in [2.24, 2.45) is 0 Å². The van der Waals surface area contributed by atoms with Crippen LogP contribution in [0, 0.1) is 0 Å². The monoisotopic (exact) mass is 130 g/mol. The number of aliphatic hydroxyl groups excluding tert-OH is 1. The Morgan fingerprint density at radius 1 is 1.33 bits per heavy atom. The van der Waals surface area contributed by atoms with E-state index in [-0.39, 0.29) is 18.3 Å². The van der Waals surface area contributed by atoms with Crippen LogP contribution in [-0.2, 0) is 9.47 Å². The third-order valence-corrected chi connectivity index (χ3v) is 1.83. The first kappa shape index (κ1) is 5.65. The molecule has 2 rings (SSSR count). The minimum atomic E-state index is -0.280. The van der Waals surface area contributed by atoms with Crippen LogP contribution in [0.4, 0.5) is 0 Å². The number of ether oxygens (including phenoxy) is 2. The van der Waals surface area contributed by atoms with Crippen molar-refractivity contribution in [2.45, 2.75) is 24.7 Å². The minimum absolute atomic E-state index is 0.0231. The van der Waals surface area contributed by atoms with E-state index in [2.05, 4.69) is 0 Å². The van der Waals surface area contributed by atoms with Crippen molar-refractivity contribution in [2.75, 3.05) is 13.2 Å². The van der Waals surface area contributed by atoms with Crippen molar-refractivity contribution in [3.05, 3.63) is 0 Å². The number of aliphatic hydroxyl groups is 1. The largest absolute Gasteiger partial charge is 0.390 e. The highest BCUT2D eigenvalue weighted by Crippen LogP contribution is 2.25. The summed E-state index contributed by atoms with van der Waals surface area (Å²) < 4.78 is 10.2. The quantitative estimate of drug-likeness (QED) is 0.488. The second kappa shape index (κ2) is 1.94. The lowest BCUT2D eigenvalue weighted by molar-refractivity contribution is 0.0234. The maximum absolute atomic E-state index is 9.19. The second-order valence-corrected chi connectivity index (χ2v) is 2.56. The molecule has 2 saturated heterocycles. The summed E-state index contributed by atoms with van der Waals surface area (Å²) in [7, 11) is 0. The molecule has 0 aliphatic carbocycles. The molecule has 2 fully saturated rings. The van der Waals surface area contributed by atoms with Crippen molar-refractivity contribution in [3.8, 4) is 0 Å². The van der Waals surface area contributed by atoms with E-state index in [4.69, 9.17) is 9.47 Å². The van der Waals surface area contributed by atoms with Crippen LogP contribution in [0.2, 0.25) is 0 Å². The maximum atomic E-state index is 9.19. The smallest absolute Gasteiger partial charge is 0.112 e. The second-order valence-electron chi connectivity index (χ2n) is 2.56. The van der Waals surface area contributed by atoms with Crippen LogP contribution in [0.3, 0.4) is 0 Å². The highest BCUT2D eigenvalue weighted by Gasteiger charge is 2.41. The summed E-state index contributed by atoms with van der Waals surface area (Å²) in [5.41, 5.74) is 0. The summed E-state index contributed by atoms with van der Waals surface area (Å²) in [5.74, 6) is 0. The molecule has 0 aromatic carbocycles. The van der Waals surface area contributed by atoms with Gasteiger partial charge in [0.1, 0.15) is 12.2 Å². The van der Waals surface area contributed by atoms with Crippen LogP contribution in [0.1, 0.15) is 6.42 Å². The van der Waals surface area contributed by atoms with E-state index >= 15 is 0 Å². The fourth-order valence-corrected chi connectivity index (χ4v) is 1.20. The van der Waals surface area contributed by atoms with E-state index in [1.54, 1.807) is 0 Å². The molecule has 0 radical (unpaired) electrons. The van der Waals surface area contributed by atoms with Crippen LogP contribution in [0.25, 0.3) is 0 Å². The lowest BCUT2D eigenvalue weighted by Crippen LogP contribution is -2.26. The fraction of sp³-hybridized carbons (Fsp3) is 1.00. The molecule has 0 amide bonds. The van der Waals surface area contributed by atoms with E-state index < -0.39 is 0 Å². The van der Waals surface area contributed by atoms with Gasteiger partial charge in [0.2, 0.25) is 0 Å². The number of hydrogen-bond donors (Lipinski definition) is 1. The normalized spacial score (nSPS) is 49.7. The highest BCUT2D eigenvalue weighted by atomic mass is 16.6. The van der Waals surface area contributed by atoms with Crippen LogP contribution >= 0.6 is 0 Å². The van der Waals surface area contributed by atoms with Crippen molar-refractivity contribution < 1.29 is 14.6 Å². The standard InChI is InChI=1S/C6H10O3/c7-4-1-2-8-6(4)5-3-9-5/h4-7H,1-3H2/t4-,5?,6+/m1/s1. The Morgan fingerprint density at radius 3 is 2.56 bits per heavy atom. The lowest BCUT2D eigenvalue weighted by atomic mass is 10.1. The Labute approximate surface area is 53.6 Å². The van der Waals surface area contributed by atoms with Crippen molar-refractivity contribution in [3.63, 3.8) is 0 Å². The van der Waals surface area contributed by atoms with E-state index in [1.165, 1.54) is 0 Å². The van der Waals surface area contributed by atoms with Gasteiger partial charge in [-0.2, -0.15) is 0 Å². The van der Waals surface area contributed by atoms with Gasteiger partial charge in [-0.25, -0.2) is 0 Å². The number of epoxide rings is 1. The summed E-state index contributed by atoms with van der Waals surface area (Å²) >= 11 is 0. The molecule has 2 aliphatic rings. The van der Waals surface area contributed by atoms with Crippen LogP contribution in [0.15, 0.2) is 0 Å². The van der Waals surface area contributed by atoms with Crippen molar-refractivity contribution in [1.29, 1.82) is 0 Å². The summed E-state index contributed by atoms with van der Waals surface area (Å²) in [5, 5.41) is 9.19. The molecule has 3 heteroatoms. The molecule has 0 spiro atoms. The predicted octanol–water partition coefficient (Wildman–Crippen LogP) is -0.465. The van der Waals surface area contributed by atoms with Gasteiger partial charge in [0, 0.05) is 6.61 Å². The summed E-state index contributed by atoms with van der Waals surface area (Å²) in [6.45, 7) is 1.45. The molecule has 2 aliphatic heterocycles. The van der Waals surface area contributed by atoms with Gasteiger partial charge in [-0.3, -0.25) is 0 Å².